The minimum absolute atomic E-state index is 0.102. The summed E-state index contributed by atoms with van der Waals surface area (Å²) < 4.78 is 0. The van der Waals surface area contributed by atoms with E-state index in [1.54, 1.807) is 12.1 Å². The van der Waals surface area contributed by atoms with Crippen LogP contribution >= 0.6 is 34.8 Å². The van der Waals surface area contributed by atoms with Crippen molar-refractivity contribution in [1.29, 1.82) is 0 Å². The van der Waals surface area contributed by atoms with Crippen LogP contribution in [0.1, 0.15) is 19.4 Å². The minimum atomic E-state index is -0.290. The predicted molar refractivity (Wildman–Crippen MR) is 76.9 cm³/mol. The average molecular weight is 304 g/mol. The van der Waals surface area contributed by atoms with Crippen LogP contribution in [-0.2, 0) is 4.79 Å². The van der Waals surface area contributed by atoms with E-state index in [4.69, 9.17) is 34.8 Å². The fourth-order valence-corrected chi connectivity index (χ4v) is 3.09. The highest BCUT2D eigenvalue weighted by atomic mass is 35.5. The Bertz CT molecular complexity index is 502. The van der Waals surface area contributed by atoms with E-state index in [1.807, 2.05) is 32.1 Å². The fourth-order valence-electron chi connectivity index (χ4n) is 2.29. The second-order valence-corrected chi connectivity index (χ2v) is 6.37. The van der Waals surface area contributed by atoms with E-state index in [9.17, 15) is 4.79 Å². The molecule has 0 unspecified atom stereocenters. The van der Waals surface area contributed by atoms with E-state index in [1.165, 1.54) is 0 Å². The lowest BCUT2D eigenvalue weighted by Gasteiger charge is -2.01. The third-order valence-corrected chi connectivity index (χ3v) is 4.43. The number of allylic oxidation sites excluding steroid dienone is 1. The molecule has 0 aromatic heterocycles. The molecule has 0 saturated heterocycles. The maximum Gasteiger partial charge on any atom is 0.225 e. The highest BCUT2D eigenvalue weighted by Crippen LogP contribution is 2.60. The van der Waals surface area contributed by atoms with Crippen LogP contribution in [0.4, 0.5) is 0 Å². The third-order valence-electron chi connectivity index (χ3n) is 3.60. The quantitative estimate of drug-likeness (QED) is 0.721. The zero-order chi connectivity index (χ0) is 13.5. The molecular formula is C14H13Cl3O. The van der Waals surface area contributed by atoms with Gasteiger partial charge in [0, 0.05) is 16.0 Å². The molecular weight excluding hydrogens is 291 g/mol. The van der Waals surface area contributed by atoms with Crippen molar-refractivity contribution >= 4 is 45.1 Å². The molecule has 0 radical (unpaired) electrons. The van der Waals surface area contributed by atoms with Gasteiger partial charge in [0.25, 0.3) is 0 Å². The Balaban J connectivity index is 2.20. The van der Waals surface area contributed by atoms with Crippen LogP contribution in [-0.4, -0.2) is 5.24 Å². The summed E-state index contributed by atoms with van der Waals surface area (Å²) in [5.74, 6) is -0.0362. The molecule has 0 N–H and O–H groups in total. The fraction of sp³-hybridized carbons (Fsp3) is 0.357. The van der Waals surface area contributed by atoms with Gasteiger partial charge in [-0.25, -0.2) is 0 Å². The number of rotatable bonds is 3. The lowest BCUT2D eigenvalue weighted by Crippen LogP contribution is -1.96. The number of hydrogen-bond acceptors (Lipinski definition) is 1. The van der Waals surface area contributed by atoms with Gasteiger partial charge in [0.05, 0.1) is 0 Å². The number of halogens is 3. The Morgan fingerprint density at radius 2 is 1.78 bits per heavy atom. The molecule has 96 valence electrons. The van der Waals surface area contributed by atoms with Crippen molar-refractivity contribution in [2.75, 3.05) is 0 Å². The maximum absolute atomic E-state index is 11.3. The second-order valence-electron chi connectivity index (χ2n) is 5.15. The summed E-state index contributed by atoms with van der Waals surface area (Å²) in [4.78, 5) is 11.3. The van der Waals surface area contributed by atoms with Gasteiger partial charge in [0.15, 0.2) is 0 Å². The van der Waals surface area contributed by atoms with Gasteiger partial charge in [-0.3, -0.25) is 4.79 Å². The molecule has 1 aromatic carbocycles. The van der Waals surface area contributed by atoms with Crippen LogP contribution in [0.5, 0.6) is 0 Å². The lowest BCUT2D eigenvalue weighted by molar-refractivity contribution is -0.113. The molecule has 1 aromatic rings. The van der Waals surface area contributed by atoms with Gasteiger partial charge in [-0.2, -0.15) is 0 Å². The summed E-state index contributed by atoms with van der Waals surface area (Å²) in [6.45, 7) is 4.04. The van der Waals surface area contributed by atoms with Crippen LogP contribution in [0.3, 0.4) is 0 Å². The Kier molecular flexibility index (Phi) is 3.77. The van der Waals surface area contributed by atoms with E-state index < -0.39 is 0 Å². The first-order valence-corrected chi connectivity index (χ1v) is 6.80. The van der Waals surface area contributed by atoms with Gasteiger partial charge >= 0.3 is 0 Å². The molecule has 0 spiro atoms. The first-order chi connectivity index (χ1) is 8.34. The topological polar surface area (TPSA) is 17.1 Å². The van der Waals surface area contributed by atoms with Crippen LogP contribution in [0, 0.1) is 17.3 Å². The lowest BCUT2D eigenvalue weighted by atomic mass is 10.1. The van der Waals surface area contributed by atoms with E-state index in [-0.39, 0.29) is 22.5 Å². The molecule has 18 heavy (non-hydrogen) atoms. The van der Waals surface area contributed by atoms with Crippen molar-refractivity contribution in [2.45, 2.75) is 13.8 Å². The zero-order valence-corrected chi connectivity index (χ0v) is 12.4. The van der Waals surface area contributed by atoms with Crippen LogP contribution in [0.15, 0.2) is 30.3 Å². The first kappa shape index (κ1) is 13.9. The maximum atomic E-state index is 11.3. The molecule has 1 nitrogen and oxygen atoms in total. The van der Waals surface area contributed by atoms with Crippen molar-refractivity contribution in [3.63, 3.8) is 0 Å². The molecule has 0 heterocycles. The molecule has 0 bridgehead atoms. The molecule has 2 rings (SSSR count). The summed E-state index contributed by atoms with van der Waals surface area (Å²) >= 11 is 17.7. The van der Waals surface area contributed by atoms with Gasteiger partial charge in [-0.15, -0.1) is 0 Å². The average Bonchev–Trinajstić information content (AvgIpc) is 2.81. The Hall–Kier alpha value is -0.500. The van der Waals surface area contributed by atoms with Gasteiger partial charge in [-0.05, 0) is 40.6 Å². The van der Waals surface area contributed by atoms with Gasteiger partial charge < -0.3 is 0 Å². The molecule has 1 aliphatic rings. The summed E-state index contributed by atoms with van der Waals surface area (Å²) in [6.07, 6.45) is 1.91. The van der Waals surface area contributed by atoms with E-state index in [0.717, 1.165) is 5.56 Å². The SMILES string of the molecule is CC1(C)[C@H](/C=C(\Cl)c2ccc(Cl)cc2)[C@H]1C(=O)Cl. The Morgan fingerprint density at radius 3 is 2.22 bits per heavy atom. The Morgan fingerprint density at radius 1 is 1.22 bits per heavy atom. The zero-order valence-electron chi connectivity index (χ0n) is 10.1. The monoisotopic (exact) mass is 302 g/mol. The normalized spacial score (nSPS) is 25.9. The summed E-state index contributed by atoms with van der Waals surface area (Å²) in [5.41, 5.74) is 0.787. The van der Waals surface area contributed by atoms with Crippen molar-refractivity contribution in [3.8, 4) is 0 Å². The van der Waals surface area contributed by atoms with Crippen molar-refractivity contribution in [2.24, 2.45) is 17.3 Å². The number of benzene rings is 1. The van der Waals surface area contributed by atoms with Crippen LogP contribution in [0.2, 0.25) is 5.02 Å². The molecule has 1 fully saturated rings. The molecule has 4 heteroatoms. The minimum Gasteiger partial charge on any atom is -0.281 e. The molecule has 0 amide bonds. The molecule has 1 aliphatic carbocycles. The largest absolute Gasteiger partial charge is 0.281 e. The summed E-state index contributed by atoms with van der Waals surface area (Å²) in [5, 5.41) is 1.01. The van der Waals surface area contributed by atoms with Crippen molar-refractivity contribution < 1.29 is 4.79 Å². The smallest absolute Gasteiger partial charge is 0.225 e. The number of hydrogen-bond donors (Lipinski definition) is 0. The standard InChI is InChI=1S/C14H13Cl3O/c1-14(2)10(12(14)13(17)18)7-11(16)8-3-5-9(15)6-4-8/h3-7,10,12H,1-2H3/b11-7-/t10-,12+/m1/s1. The number of carbonyl (C=O) groups excluding carboxylic acids is 1. The molecule has 0 aliphatic heterocycles. The van der Waals surface area contributed by atoms with Gasteiger partial charge in [0.2, 0.25) is 5.24 Å². The summed E-state index contributed by atoms with van der Waals surface area (Å²) in [7, 11) is 0. The molecule has 2 atom stereocenters. The Labute approximate surface area is 122 Å². The van der Waals surface area contributed by atoms with Crippen LogP contribution < -0.4 is 0 Å². The van der Waals surface area contributed by atoms with Gasteiger partial charge in [-0.1, -0.05) is 55.3 Å². The third kappa shape index (κ3) is 2.59. The number of carbonyl (C=O) groups is 1. The first-order valence-electron chi connectivity index (χ1n) is 5.66. The van der Waals surface area contributed by atoms with Gasteiger partial charge in [0.1, 0.15) is 0 Å². The molecule has 1 saturated carbocycles. The van der Waals surface area contributed by atoms with Crippen molar-refractivity contribution in [1.82, 2.24) is 0 Å². The van der Waals surface area contributed by atoms with E-state index >= 15 is 0 Å². The van der Waals surface area contributed by atoms with E-state index in [0.29, 0.717) is 10.1 Å². The highest BCUT2D eigenvalue weighted by Gasteiger charge is 2.60. The predicted octanol–water partition coefficient (Wildman–Crippen LogP) is 4.96. The summed E-state index contributed by atoms with van der Waals surface area (Å²) in [6, 6.07) is 7.28. The highest BCUT2D eigenvalue weighted by molar-refractivity contribution is 6.64. The van der Waals surface area contributed by atoms with E-state index in [2.05, 4.69) is 0 Å². The second kappa shape index (κ2) is 4.88. The van der Waals surface area contributed by atoms with Crippen LogP contribution in [0.25, 0.3) is 5.03 Å². The van der Waals surface area contributed by atoms with Crippen molar-refractivity contribution in [3.05, 3.63) is 40.9 Å².